The molecule has 9 heteroatoms. The fraction of sp³-hybridized carbons (Fsp3) is 0.0769. The maximum absolute atomic E-state index is 14.1. The number of halogens is 3. The van der Waals surface area contributed by atoms with Gasteiger partial charge >= 0.3 is 18.1 Å². The number of benzene rings is 3. The quantitative estimate of drug-likeness (QED) is 0.164. The number of thiophene rings is 1. The molecule has 0 aliphatic rings. The standard InChI is InChI=1S/C26H17F3O5S/c1-4-20(30)33-15-8-6-14(7-9-15)16-10-11-18-17-12-13-19(34-21(31)5-2)22(26(27,28)29)24(17)35-25(18)23(16)32-3/h4-13H,1-2H2,3H3. The first-order chi connectivity index (χ1) is 16.7. The number of carbonyl (C=O) groups excluding carboxylic acids is 2. The molecule has 1 heterocycles. The van der Waals surface area contributed by atoms with Crippen molar-refractivity contribution in [3.63, 3.8) is 0 Å². The number of fused-ring (bicyclic) bond motifs is 3. The lowest BCUT2D eigenvalue weighted by Gasteiger charge is -2.13. The molecule has 0 spiro atoms. The molecule has 0 amide bonds. The van der Waals surface area contributed by atoms with E-state index in [-0.39, 0.29) is 4.70 Å². The Morgan fingerprint density at radius 3 is 2.06 bits per heavy atom. The monoisotopic (exact) mass is 498 g/mol. The van der Waals surface area contributed by atoms with Crippen molar-refractivity contribution in [1.82, 2.24) is 0 Å². The zero-order chi connectivity index (χ0) is 25.3. The Hall–Kier alpha value is -4.11. The maximum atomic E-state index is 14.1. The molecule has 0 atom stereocenters. The summed E-state index contributed by atoms with van der Waals surface area (Å²) in [5.74, 6) is -1.47. The van der Waals surface area contributed by atoms with Crippen molar-refractivity contribution in [3.05, 3.63) is 79.4 Å². The summed E-state index contributed by atoms with van der Waals surface area (Å²) in [7, 11) is 1.44. The van der Waals surface area contributed by atoms with Crippen LogP contribution in [-0.4, -0.2) is 19.0 Å². The van der Waals surface area contributed by atoms with Crippen LogP contribution in [0.4, 0.5) is 13.2 Å². The fourth-order valence-corrected chi connectivity index (χ4v) is 5.04. The lowest BCUT2D eigenvalue weighted by molar-refractivity contribution is -0.139. The molecular formula is C26H17F3O5S. The first kappa shape index (κ1) is 24.0. The molecule has 4 rings (SSSR count). The summed E-state index contributed by atoms with van der Waals surface area (Å²) in [6, 6.07) is 12.7. The molecule has 35 heavy (non-hydrogen) atoms. The highest BCUT2D eigenvalue weighted by Gasteiger charge is 2.38. The van der Waals surface area contributed by atoms with E-state index in [0.717, 1.165) is 29.6 Å². The summed E-state index contributed by atoms with van der Waals surface area (Å²) in [4.78, 5) is 23.0. The van der Waals surface area contributed by atoms with Crippen LogP contribution in [-0.2, 0) is 15.8 Å². The highest BCUT2D eigenvalue weighted by atomic mass is 32.1. The Bertz CT molecular complexity index is 1480. The highest BCUT2D eigenvalue weighted by Crippen LogP contribution is 2.50. The first-order valence-electron chi connectivity index (χ1n) is 10.1. The van der Waals surface area contributed by atoms with Gasteiger partial charge in [-0.25, -0.2) is 9.59 Å². The average Bonchev–Trinajstić information content (AvgIpc) is 3.21. The van der Waals surface area contributed by atoms with Crippen molar-refractivity contribution in [3.8, 4) is 28.4 Å². The number of ether oxygens (including phenoxy) is 3. The average molecular weight is 498 g/mol. The van der Waals surface area contributed by atoms with Crippen LogP contribution >= 0.6 is 11.3 Å². The fourth-order valence-electron chi connectivity index (χ4n) is 3.65. The Balaban J connectivity index is 1.90. The molecule has 0 bridgehead atoms. The topological polar surface area (TPSA) is 61.8 Å². The van der Waals surface area contributed by atoms with Crippen molar-refractivity contribution in [2.24, 2.45) is 0 Å². The van der Waals surface area contributed by atoms with Crippen LogP contribution in [0.25, 0.3) is 31.3 Å². The Labute approximate surface area is 201 Å². The molecule has 178 valence electrons. The highest BCUT2D eigenvalue weighted by molar-refractivity contribution is 7.26. The van der Waals surface area contributed by atoms with Gasteiger partial charge in [-0.15, -0.1) is 11.3 Å². The Morgan fingerprint density at radius 2 is 1.46 bits per heavy atom. The smallest absolute Gasteiger partial charge is 0.421 e. The van der Waals surface area contributed by atoms with E-state index in [2.05, 4.69) is 13.2 Å². The number of rotatable bonds is 6. The number of hydrogen-bond acceptors (Lipinski definition) is 6. The van der Waals surface area contributed by atoms with Crippen LogP contribution in [0.15, 0.2) is 73.8 Å². The molecule has 0 fully saturated rings. The third kappa shape index (κ3) is 4.50. The van der Waals surface area contributed by atoms with Crippen LogP contribution < -0.4 is 14.2 Å². The van der Waals surface area contributed by atoms with Crippen molar-refractivity contribution in [1.29, 1.82) is 0 Å². The van der Waals surface area contributed by atoms with Gasteiger partial charge in [0.05, 0.1) is 16.5 Å². The van der Waals surface area contributed by atoms with Crippen LogP contribution in [0, 0.1) is 0 Å². The third-order valence-electron chi connectivity index (χ3n) is 5.14. The van der Waals surface area contributed by atoms with Gasteiger partial charge in [0.1, 0.15) is 22.8 Å². The Kier molecular flexibility index (Phi) is 6.36. The maximum Gasteiger partial charge on any atom is 0.421 e. The van der Waals surface area contributed by atoms with Crippen molar-refractivity contribution >= 4 is 43.4 Å². The minimum Gasteiger partial charge on any atom is -0.495 e. The lowest BCUT2D eigenvalue weighted by Crippen LogP contribution is -2.11. The molecular weight excluding hydrogens is 481 g/mol. The first-order valence-corrected chi connectivity index (χ1v) is 10.9. The summed E-state index contributed by atoms with van der Waals surface area (Å²) in [5.41, 5.74) is 0.305. The van der Waals surface area contributed by atoms with Gasteiger partial charge in [-0.05, 0) is 35.9 Å². The van der Waals surface area contributed by atoms with Gasteiger partial charge in [0.2, 0.25) is 0 Å². The van der Waals surface area contributed by atoms with E-state index < -0.39 is 29.4 Å². The normalized spacial score (nSPS) is 11.3. The Morgan fingerprint density at radius 1 is 0.857 bits per heavy atom. The minimum absolute atomic E-state index is 0.0796. The number of alkyl halides is 3. The summed E-state index contributed by atoms with van der Waals surface area (Å²) < 4.78 is 58.2. The third-order valence-corrected chi connectivity index (χ3v) is 6.38. The van der Waals surface area contributed by atoms with E-state index in [1.807, 2.05) is 0 Å². The molecule has 5 nitrogen and oxygen atoms in total. The van der Waals surface area contributed by atoms with Crippen LogP contribution in [0.2, 0.25) is 0 Å². The van der Waals surface area contributed by atoms with Crippen molar-refractivity contribution in [2.45, 2.75) is 6.18 Å². The second-order valence-corrected chi connectivity index (χ2v) is 8.23. The molecule has 0 N–H and O–H groups in total. The number of carbonyl (C=O) groups is 2. The van der Waals surface area contributed by atoms with Crippen LogP contribution in [0.5, 0.6) is 17.2 Å². The molecule has 0 aliphatic carbocycles. The summed E-state index contributed by atoms with van der Waals surface area (Å²) in [5, 5.41) is 0.918. The number of hydrogen-bond donors (Lipinski definition) is 0. The van der Waals surface area contributed by atoms with Crippen molar-refractivity contribution < 1.29 is 37.0 Å². The van der Waals surface area contributed by atoms with Gasteiger partial charge in [-0.2, -0.15) is 13.2 Å². The SMILES string of the molecule is C=CC(=O)Oc1ccc(-c2ccc3c(sc4c(C(F)(F)F)c(OC(=O)C=C)ccc43)c2OC)cc1. The molecule has 0 aliphatic heterocycles. The van der Waals surface area contributed by atoms with Gasteiger partial charge in [0.15, 0.2) is 0 Å². The molecule has 0 saturated carbocycles. The predicted molar refractivity (Wildman–Crippen MR) is 128 cm³/mol. The van der Waals surface area contributed by atoms with Crippen LogP contribution in [0.1, 0.15) is 5.56 Å². The molecule has 0 unspecified atom stereocenters. The van der Waals surface area contributed by atoms with Gasteiger partial charge in [0, 0.05) is 28.5 Å². The van der Waals surface area contributed by atoms with Gasteiger partial charge in [-0.1, -0.05) is 31.4 Å². The van der Waals surface area contributed by atoms with E-state index in [9.17, 15) is 22.8 Å². The minimum atomic E-state index is -4.77. The largest absolute Gasteiger partial charge is 0.495 e. The van der Waals surface area contributed by atoms with Crippen molar-refractivity contribution in [2.75, 3.05) is 7.11 Å². The van der Waals surface area contributed by atoms with E-state index >= 15 is 0 Å². The van der Waals surface area contributed by atoms with E-state index in [1.165, 1.54) is 13.2 Å². The summed E-state index contributed by atoms with van der Waals surface area (Å²) >= 11 is 0.896. The van der Waals surface area contributed by atoms with Gasteiger partial charge in [-0.3, -0.25) is 0 Å². The van der Waals surface area contributed by atoms with E-state index in [1.54, 1.807) is 36.4 Å². The molecule has 4 aromatic rings. The summed E-state index contributed by atoms with van der Waals surface area (Å²) in [6.45, 7) is 6.58. The molecule has 0 saturated heterocycles. The molecule has 0 radical (unpaired) electrons. The van der Waals surface area contributed by atoms with Gasteiger partial charge in [0.25, 0.3) is 0 Å². The zero-order valence-corrected chi connectivity index (χ0v) is 19.1. The number of methoxy groups -OCH3 is 1. The second kappa shape index (κ2) is 9.27. The van der Waals surface area contributed by atoms with E-state index in [4.69, 9.17) is 14.2 Å². The lowest BCUT2D eigenvalue weighted by atomic mass is 10.0. The predicted octanol–water partition coefficient (Wildman–Crippen LogP) is 6.93. The van der Waals surface area contributed by atoms with E-state index in [0.29, 0.717) is 38.1 Å². The van der Waals surface area contributed by atoms with Crippen LogP contribution in [0.3, 0.4) is 0 Å². The van der Waals surface area contributed by atoms with Gasteiger partial charge < -0.3 is 14.2 Å². The second-order valence-electron chi connectivity index (χ2n) is 7.21. The summed E-state index contributed by atoms with van der Waals surface area (Å²) in [6.07, 6.45) is -2.93. The molecule has 3 aromatic carbocycles. The molecule has 1 aromatic heterocycles. The zero-order valence-electron chi connectivity index (χ0n) is 18.3. The number of esters is 2.